The van der Waals surface area contributed by atoms with Crippen molar-refractivity contribution in [2.24, 2.45) is 0 Å². The standard InChI is InChI=1S/C15H20N2O5/c1-15(2,3)22-14(21)17-11-6-4-10(5-7-11)8-12(13(19)20)16-9-18/h4-7,9,12H,8H2,1-3H3,(H,16,18)(H,17,21)(H,19,20). The number of carboxylic acid groups (broad SMARTS) is 1. The Morgan fingerprint density at radius 2 is 1.86 bits per heavy atom. The van der Waals surface area contributed by atoms with Crippen LogP contribution in [0.3, 0.4) is 0 Å². The lowest BCUT2D eigenvalue weighted by Crippen LogP contribution is -2.37. The molecule has 0 aliphatic rings. The van der Waals surface area contributed by atoms with Gasteiger partial charge in [0.1, 0.15) is 11.6 Å². The van der Waals surface area contributed by atoms with Gasteiger partial charge >= 0.3 is 12.1 Å². The zero-order valence-electron chi connectivity index (χ0n) is 12.8. The van der Waals surface area contributed by atoms with Crippen molar-refractivity contribution in [3.05, 3.63) is 29.8 Å². The van der Waals surface area contributed by atoms with Gasteiger partial charge in [0, 0.05) is 12.1 Å². The highest BCUT2D eigenvalue weighted by molar-refractivity contribution is 5.84. The summed E-state index contributed by atoms with van der Waals surface area (Å²) in [5, 5.41) is 13.8. The van der Waals surface area contributed by atoms with Crippen molar-refractivity contribution < 1.29 is 24.2 Å². The molecular formula is C15H20N2O5. The SMILES string of the molecule is CC(C)(C)OC(=O)Nc1ccc(CC(NC=O)C(=O)O)cc1. The Balaban J connectivity index is 2.64. The van der Waals surface area contributed by atoms with Crippen molar-refractivity contribution in [3.8, 4) is 0 Å². The Bertz CT molecular complexity index is 534. The Morgan fingerprint density at radius 3 is 2.32 bits per heavy atom. The average Bonchev–Trinajstić information content (AvgIpc) is 2.38. The first-order valence-corrected chi connectivity index (χ1v) is 6.72. The number of anilines is 1. The molecule has 0 radical (unpaired) electrons. The van der Waals surface area contributed by atoms with Gasteiger partial charge in [-0.05, 0) is 38.5 Å². The van der Waals surface area contributed by atoms with E-state index in [-0.39, 0.29) is 6.42 Å². The molecule has 0 spiro atoms. The van der Waals surface area contributed by atoms with Crippen molar-refractivity contribution in [1.29, 1.82) is 0 Å². The number of nitrogens with one attached hydrogen (secondary N) is 2. The van der Waals surface area contributed by atoms with Crippen LogP contribution in [0.2, 0.25) is 0 Å². The molecule has 1 aromatic carbocycles. The van der Waals surface area contributed by atoms with E-state index < -0.39 is 23.7 Å². The topological polar surface area (TPSA) is 105 Å². The number of hydrogen-bond donors (Lipinski definition) is 3. The number of carbonyl (C=O) groups excluding carboxylic acids is 2. The number of rotatable bonds is 6. The third-order valence-corrected chi connectivity index (χ3v) is 2.61. The minimum atomic E-state index is -1.11. The highest BCUT2D eigenvalue weighted by Crippen LogP contribution is 2.14. The summed E-state index contributed by atoms with van der Waals surface area (Å²) in [5.41, 5.74) is 0.670. The maximum Gasteiger partial charge on any atom is 0.412 e. The van der Waals surface area contributed by atoms with Gasteiger partial charge in [-0.2, -0.15) is 0 Å². The largest absolute Gasteiger partial charge is 0.480 e. The summed E-state index contributed by atoms with van der Waals surface area (Å²) < 4.78 is 5.12. The summed E-state index contributed by atoms with van der Waals surface area (Å²) in [4.78, 5) is 32.9. The highest BCUT2D eigenvalue weighted by Gasteiger charge is 2.18. The van der Waals surface area contributed by atoms with Crippen LogP contribution >= 0.6 is 0 Å². The predicted molar refractivity (Wildman–Crippen MR) is 80.6 cm³/mol. The molecule has 22 heavy (non-hydrogen) atoms. The number of amides is 2. The average molecular weight is 308 g/mol. The maximum atomic E-state index is 11.6. The molecule has 0 fully saturated rings. The van der Waals surface area contributed by atoms with Gasteiger partial charge in [-0.3, -0.25) is 10.1 Å². The van der Waals surface area contributed by atoms with Crippen molar-refractivity contribution >= 4 is 24.2 Å². The molecule has 0 aliphatic carbocycles. The molecule has 0 aromatic heterocycles. The first-order valence-electron chi connectivity index (χ1n) is 6.72. The fraction of sp³-hybridized carbons (Fsp3) is 0.400. The Hall–Kier alpha value is -2.57. The molecule has 1 aromatic rings. The molecule has 2 amide bonds. The number of benzene rings is 1. The number of ether oxygens (including phenoxy) is 1. The lowest BCUT2D eigenvalue weighted by atomic mass is 10.1. The Labute approximate surface area is 128 Å². The number of carboxylic acids is 1. The molecule has 0 aliphatic heterocycles. The van der Waals surface area contributed by atoms with Gasteiger partial charge < -0.3 is 15.2 Å². The molecule has 1 unspecified atom stereocenters. The van der Waals surface area contributed by atoms with E-state index in [9.17, 15) is 14.4 Å². The van der Waals surface area contributed by atoms with E-state index in [0.717, 1.165) is 5.56 Å². The minimum absolute atomic E-state index is 0.154. The van der Waals surface area contributed by atoms with Crippen LogP contribution in [-0.4, -0.2) is 35.2 Å². The maximum absolute atomic E-state index is 11.6. The van der Waals surface area contributed by atoms with Gasteiger partial charge in [-0.25, -0.2) is 9.59 Å². The number of hydrogen-bond acceptors (Lipinski definition) is 4. The van der Waals surface area contributed by atoms with E-state index in [0.29, 0.717) is 12.1 Å². The van der Waals surface area contributed by atoms with Crippen LogP contribution in [0.15, 0.2) is 24.3 Å². The molecule has 1 rings (SSSR count). The molecule has 120 valence electrons. The van der Waals surface area contributed by atoms with Crippen LogP contribution in [0.5, 0.6) is 0 Å². The van der Waals surface area contributed by atoms with E-state index in [4.69, 9.17) is 9.84 Å². The van der Waals surface area contributed by atoms with Gasteiger partial charge in [0.05, 0.1) is 0 Å². The van der Waals surface area contributed by atoms with E-state index in [1.54, 1.807) is 45.0 Å². The minimum Gasteiger partial charge on any atom is -0.480 e. The first kappa shape index (κ1) is 17.5. The molecule has 0 heterocycles. The Kier molecular flexibility index (Phi) is 5.91. The quantitative estimate of drug-likeness (QED) is 0.695. The second-order valence-electron chi connectivity index (χ2n) is 5.70. The Morgan fingerprint density at radius 1 is 1.27 bits per heavy atom. The number of carbonyl (C=O) groups is 3. The van der Waals surface area contributed by atoms with E-state index in [2.05, 4.69) is 10.6 Å². The van der Waals surface area contributed by atoms with Crippen molar-refractivity contribution in [2.45, 2.75) is 38.8 Å². The van der Waals surface area contributed by atoms with Crippen molar-refractivity contribution in [3.63, 3.8) is 0 Å². The van der Waals surface area contributed by atoms with E-state index in [1.807, 2.05) is 0 Å². The van der Waals surface area contributed by atoms with Gasteiger partial charge in [-0.1, -0.05) is 12.1 Å². The predicted octanol–water partition coefficient (Wildman–Crippen LogP) is 1.78. The fourth-order valence-corrected chi connectivity index (χ4v) is 1.68. The summed E-state index contributed by atoms with van der Waals surface area (Å²) >= 11 is 0. The lowest BCUT2D eigenvalue weighted by Gasteiger charge is -2.19. The van der Waals surface area contributed by atoms with E-state index >= 15 is 0 Å². The van der Waals surface area contributed by atoms with Gasteiger partial charge in [0.15, 0.2) is 0 Å². The molecule has 0 bridgehead atoms. The summed E-state index contributed by atoms with van der Waals surface area (Å²) in [7, 11) is 0. The number of aliphatic carboxylic acids is 1. The smallest absolute Gasteiger partial charge is 0.412 e. The van der Waals surface area contributed by atoms with Crippen LogP contribution < -0.4 is 10.6 Å². The van der Waals surface area contributed by atoms with Crippen LogP contribution in [0.4, 0.5) is 10.5 Å². The molecule has 0 saturated heterocycles. The monoisotopic (exact) mass is 308 g/mol. The molecule has 7 nitrogen and oxygen atoms in total. The van der Waals surface area contributed by atoms with Crippen LogP contribution in [0.25, 0.3) is 0 Å². The summed E-state index contributed by atoms with van der Waals surface area (Å²) in [6, 6.07) is 5.64. The molecular weight excluding hydrogens is 288 g/mol. The van der Waals surface area contributed by atoms with Crippen LogP contribution in [0.1, 0.15) is 26.3 Å². The van der Waals surface area contributed by atoms with Crippen LogP contribution in [-0.2, 0) is 20.7 Å². The lowest BCUT2D eigenvalue weighted by molar-refractivity contribution is -0.140. The highest BCUT2D eigenvalue weighted by atomic mass is 16.6. The molecule has 1 atom stereocenters. The zero-order valence-corrected chi connectivity index (χ0v) is 12.8. The summed E-state index contributed by atoms with van der Waals surface area (Å²) in [6.07, 6.45) is -0.0517. The third kappa shape index (κ3) is 6.25. The van der Waals surface area contributed by atoms with Gasteiger partial charge in [0.2, 0.25) is 6.41 Å². The van der Waals surface area contributed by atoms with Crippen molar-refractivity contribution in [1.82, 2.24) is 5.32 Å². The summed E-state index contributed by atoms with van der Waals surface area (Å²) in [5.74, 6) is -1.11. The molecule has 7 heteroatoms. The normalized spacial score (nSPS) is 12.1. The van der Waals surface area contributed by atoms with E-state index in [1.165, 1.54) is 0 Å². The second-order valence-corrected chi connectivity index (χ2v) is 5.70. The fourth-order valence-electron chi connectivity index (χ4n) is 1.68. The third-order valence-electron chi connectivity index (χ3n) is 2.61. The zero-order chi connectivity index (χ0) is 16.8. The van der Waals surface area contributed by atoms with Crippen LogP contribution in [0, 0.1) is 0 Å². The first-order chi connectivity index (χ1) is 10.2. The van der Waals surface area contributed by atoms with Gasteiger partial charge in [-0.15, -0.1) is 0 Å². The van der Waals surface area contributed by atoms with Crippen molar-refractivity contribution in [2.75, 3.05) is 5.32 Å². The molecule has 0 saturated carbocycles. The second kappa shape index (κ2) is 7.44. The van der Waals surface area contributed by atoms with Gasteiger partial charge in [0.25, 0.3) is 0 Å². The molecule has 3 N–H and O–H groups in total. The summed E-state index contributed by atoms with van der Waals surface area (Å²) in [6.45, 7) is 5.30.